The Kier molecular flexibility index (Phi) is 3.62. The largest absolute Gasteiger partial charge is 0.336 e. The standard InChI is InChI=1S/C15H17N3O3S/c1-11(19)12-3-5-13(6-4-12)22(20,21)18-8-7-14-15(9-18)17(2)10-16-14/h3-6,10H,7-9H2,1-2H3. The molecule has 0 spiro atoms. The zero-order valence-corrected chi connectivity index (χ0v) is 13.3. The lowest BCUT2D eigenvalue weighted by atomic mass is 10.2. The fraction of sp³-hybridized carbons (Fsp3) is 0.333. The van der Waals surface area contributed by atoms with Gasteiger partial charge in [-0.25, -0.2) is 13.4 Å². The molecule has 0 bridgehead atoms. The van der Waals surface area contributed by atoms with Gasteiger partial charge in [0.2, 0.25) is 10.0 Å². The average Bonchev–Trinajstić information content (AvgIpc) is 2.88. The molecule has 0 radical (unpaired) electrons. The Hall–Kier alpha value is -1.99. The molecule has 0 N–H and O–H groups in total. The summed E-state index contributed by atoms with van der Waals surface area (Å²) in [6.45, 7) is 2.20. The molecule has 0 aliphatic carbocycles. The van der Waals surface area contributed by atoms with Crippen LogP contribution in [-0.2, 0) is 30.0 Å². The van der Waals surface area contributed by atoms with E-state index in [1.165, 1.54) is 23.4 Å². The molecule has 2 heterocycles. The number of nitrogens with zero attached hydrogens (tertiary/aromatic N) is 3. The number of aryl methyl sites for hydroxylation is 1. The molecule has 1 aliphatic rings. The fourth-order valence-corrected chi connectivity index (χ4v) is 4.01. The highest BCUT2D eigenvalue weighted by Crippen LogP contribution is 2.24. The number of carbonyl (C=O) groups excluding carboxylic acids is 1. The van der Waals surface area contributed by atoms with Gasteiger partial charge in [-0.1, -0.05) is 12.1 Å². The van der Waals surface area contributed by atoms with Crippen LogP contribution in [-0.4, -0.2) is 34.6 Å². The number of hydrogen-bond acceptors (Lipinski definition) is 4. The summed E-state index contributed by atoms with van der Waals surface area (Å²) in [6, 6.07) is 6.08. The number of rotatable bonds is 3. The molecule has 6 nitrogen and oxygen atoms in total. The molecule has 2 aromatic rings. The van der Waals surface area contributed by atoms with Gasteiger partial charge >= 0.3 is 0 Å². The van der Waals surface area contributed by atoms with E-state index < -0.39 is 10.0 Å². The predicted molar refractivity (Wildman–Crippen MR) is 81.0 cm³/mol. The van der Waals surface area contributed by atoms with Crippen molar-refractivity contribution >= 4 is 15.8 Å². The molecule has 1 aliphatic heterocycles. The third-order valence-corrected chi connectivity index (χ3v) is 5.83. The van der Waals surface area contributed by atoms with Crippen LogP contribution >= 0.6 is 0 Å². The minimum absolute atomic E-state index is 0.0820. The molecule has 22 heavy (non-hydrogen) atoms. The number of ketones is 1. The van der Waals surface area contributed by atoms with E-state index in [0.29, 0.717) is 25.1 Å². The maximum atomic E-state index is 12.7. The van der Waals surface area contributed by atoms with Crippen LogP contribution in [0.3, 0.4) is 0 Å². The van der Waals surface area contributed by atoms with Gasteiger partial charge in [0, 0.05) is 25.6 Å². The molecule has 1 aromatic carbocycles. The van der Waals surface area contributed by atoms with Crippen molar-refractivity contribution in [3.8, 4) is 0 Å². The van der Waals surface area contributed by atoms with Gasteiger partial charge in [-0.15, -0.1) is 0 Å². The Balaban J connectivity index is 1.90. The summed E-state index contributed by atoms with van der Waals surface area (Å²) < 4.78 is 28.8. The highest BCUT2D eigenvalue weighted by Gasteiger charge is 2.30. The number of hydrogen-bond donors (Lipinski definition) is 0. The van der Waals surface area contributed by atoms with Crippen LogP contribution in [0.25, 0.3) is 0 Å². The third kappa shape index (κ3) is 2.46. The number of carbonyl (C=O) groups is 1. The first-order valence-corrected chi connectivity index (χ1v) is 8.44. The molecule has 0 saturated carbocycles. The van der Waals surface area contributed by atoms with Crippen LogP contribution in [0, 0.1) is 0 Å². The Morgan fingerprint density at radius 3 is 2.55 bits per heavy atom. The van der Waals surface area contributed by atoms with Crippen molar-refractivity contribution in [3.63, 3.8) is 0 Å². The highest BCUT2D eigenvalue weighted by molar-refractivity contribution is 7.89. The van der Waals surface area contributed by atoms with Gasteiger partial charge in [0.15, 0.2) is 5.78 Å². The molecule has 0 fully saturated rings. The van der Waals surface area contributed by atoms with Gasteiger partial charge in [-0.3, -0.25) is 4.79 Å². The number of aromatic nitrogens is 2. The smallest absolute Gasteiger partial charge is 0.243 e. The number of fused-ring (bicyclic) bond motifs is 1. The Morgan fingerprint density at radius 1 is 1.23 bits per heavy atom. The van der Waals surface area contributed by atoms with Gasteiger partial charge in [0.1, 0.15) is 0 Å². The summed E-state index contributed by atoms with van der Waals surface area (Å²) in [5.74, 6) is -0.0820. The highest BCUT2D eigenvalue weighted by atomic mass is 32.2. The predicted octanol–water partition coefficient (Wildman–Crippen LogP) is 1.37. The van der Waals surface area contributed by atoms with Crippen molar-refractivity contribution in [3.05, 3.63) is 47.5 Å². The van der Waals surface area contributed by atoms with Crippen LogP contribution in [0.1, 0.15) is 28.7 Å². The van der Waals surface area contributed by atoms with Crippen LogP contribution in [0.15, 0.2) is 35.5 Å². The normalized spacial score (nSPS) is 15.5. The maximum Gasteiger partial charge on any atom is 0.243 e. The van der Waals surface area contributed by atoms with E-state index in [-0.39, 0.29) is 10.7 Å². The first kappa shape index (κ1) is 14.9. The van der Waals surface area contributed by atoms with E-state index in [2.05, 4.69) is 4.98 Å². The first-order valence-electron chi connectivity index (χ1n) is 7.00. The van der Waals surface area contributed by atoms with E-state index in [0.717, 1.165) is 11.4 Å². The van der Waals surface area contributed by atoms with Crippen molar-refractivity contribution < 1.29 is 13.2 Å². The molecule has 0 unspecified atom stereocenters. The molecule has 0 amide bonds. The second kappa shape index (κ2) is 5.33. The van der Waals surface area contributed by atoms with Crippen molar-refractivity contribution in [2.24, 2.45) is 7.05 Å². The van der Waals surface area contributed by atoms with Crippen LogP contribution in [0.4, 0.5) is 0 Å². The van der Waals surface area contributed by atoms with Crippen LogP contribution in [0.2, 0.25) is 0 Å². The van der Waals surface area contributed by atoms with Crippen molar-refractivity contribution in [2.45, 2.75) is 24.8 Å². The zero-order chi connectivity index (χ0) is 15.9. The number of imidazole rings is 1. The second-order valence-corrected chi connectivity index (χ2v) is 7.36. The minimum Gasteiger partial charge on any atom is -0.336 e. The van der Waals surface area contributed by atoms with Gasteiger partial charge < -0.3 is 4.57 Å². The van der Waals surface area contributed by atoms with Gasteiger partial charge in [-0.2, -0.15) is 4.31 Å². The van der Waals surface area contributed by atoms with Gasteiger partial charge in [0.25, 0.3) is 0 Å². The van der Waals surface area contributed by atoms with Gasteiger partial charge in [-0.05, 0) is 19.1 Å². The Labute approximate surface area is 129 Å². The number of sulfonamides is 1. The van der Waals surface area contributed by atoms with Crippen molar-refractivity contribution in [1.29, 1.82) is 0 Å². The third-order valence-electron chi connectivity index (χ3n) is 3.97. The lowest BCUT2D eigenvalue weighted by Crippen LogP contribution is -2.36. The van der Waals surface area contributed by atoms with E-state index in [1.54, 1.807) is 18.5 Å². The lowest BCUT2D eigenvalue weighted by Gasteiger charge is -2.26. The molecule has 1 aromatic heterocycles. The summed E-state index contributed by atoms with van der Waals surface area (Å²) in [5, 5.41) is 0. The monoisotopic (exact) mass is 319 g/mol. The lowest BCUT2D eigenvalue weighted by molar-refractivity contribution is 0.101. The van der Waals surface area contributed by atoms with Crippen molar-refractivity contribution in [1.82, 2.24) is 13.9 Å². The summed E-state index contributed by atoms with van der Waals surface area (Å²) in [7, 11) is -1.70. The summed E-state index contributed by atoms with van der Waals surface area (Å²) in [6.07, 6.45) is 2.32. The van der Waals surface area contributed by atoms with E-state index in [9.17, 15) is 13.2 Å². The first-order chi connectivity index (χ1) is 10.4. The molecule has 116 valence electrons. The van der Waals surface area contributed by atoms with Gasteiger partial charge in [0.05, 0.1) is 29.2 Å². The molecule has 0 saturated heterocycles. The number of benzene rings is 1. The summed E-state index contributed by atoms with van der Waals surface area (Å²) in [5.41, 5.74) is 2.39. The van der Waals surface area contributed by atoms with Crippen LogP contribution in [0.5, 0.6) is 0 Å². The van der Waals surface area contributed by atoms with Crippen molar-refractivity contribution in [2.75, 3.05) is 6.54 Å². The quantitative estimate of drug-likeness (QED) is 0.801. The molecular formula is C15H17N3O3S. The van der Waals surface area contributed by atoms with E-state index in [1.807, 2.05) is 11.6 Å². The summed E-state index contributed by atoms with van der Waals surface area (Å²) >= 11 is 0. The van der Waals surface area contributed by atoms with E-state index >= 15 is 0 Å². The zero-order valence-electron chi connectivity index (χ0n) is 12.5. The SMILES string of the molecule is CC(=O)c1ccc(S(=O)(=O)N2CCc3ncn(C)c3C2)cc1. The molecule has 3 rings (SSSR count). The topological polar surface area (TPSA) is 72.3 Å². The fourth-order valence-electron chi connectivity index (χ4n) is 2.61. The van der Waals surface area contributed by atoms with E-state index in [4.69, 9.17) is 0 Å². The Morgan fingerprint density at radius 2 is 1.91 bits per heavy atom. The minimum atomic E-state index is -3.56. The molecular weight excluding hydrogens is 302 g/mol. The average molecular weight is 319 g/mol. The second-order valence-electron chi connectivity index (χ2n) is 5.42. The summed E-state index contributed by atoms with van der Waals surface area (Å²) in [4.78, 5) is 15.8. The molecule has 0 atom stereocenters. The number of Topliss-reactive ketones (excluding diaryl/α,β-unsaturated/α-hetero) is 1. The Bertz CT molecular complexity index is 822. The maximum absolute atomic E-state index is 12.7. The molecule has 7 heteroatoms. The van der Waals surface area contributed by atoms with Crippen LogP contribution < -0.4 is 0 Å².